The van der Waals surface area contributed by atoms with Crippen LogP contribution < -0.4 is 0 Å². The number of benzene rings is 2. The van der Waals surface area contributed by atoms with Gasteiger partial charge in [0.2, 0.25) is 0 Å². The molecule has 0 spiro atoms. The van der Waals surface area contributed by atoms with Gasteiger partial charge in [0.1, 0.15) is 0 Å². The average molecular weight is 462 g/mol. The summed E-state index contributed by atoms with van der Waals surface area (Å²) in [5.74, 6) is 0. The highest BCUT2D eigenvalue weighted by molar-refractivity contribution is 5.47. The number of nitrogens with zero attached hydrogens (tertiary/aromatic N) is 2. The molecule has 5 nitrogen and oxygen atoms in total. The number of hydrogen-bond donors (Lipinski definition) is 2. The van der Waals surface area contributed by atoms with Crippen molar-refractivity contribution in [3.05, 3.63) is 86.7 Å². The number of hydrogen-bond acceptors (Lipinski definition) is 4. The molecule has 1 aromatic heterocycles. The van der Waals surface area contributed by atoms with Crippen LogP contribution in [0.3, 0.4) is 0 Å². The normalized spacial score (nSPS) is 17.1. The van der Waals surface area contributed by atoms with Gasteiger partial charge in [-0.1, -0.05) is 55.8 Å². The third-order valence-corrected chi connectivity index (χ3v) is 7.21. The van der Waals surface area contributed by atoms with Crippen LogP contribution in [-0.2, 0) is 30.5 Å². The van der Waals surface area contributed by atoms with Gasteiger partial charge in [-0.3, -0.25) is 10.00 Å². The van der Waals surface area contributed by atoms with Crippen LogP contribution >= 0.6 is 0 Å². The molecule has 1 aliphatic rings. The molecule has 5 heteroatoms. The molecule has 0 radical (unpaired) electrons. The Hall–Kier alpha value is -2.47. The molecule has 3 aromatic rings. The zero-order valence-electron chi connectivity index (χ0n) is 21.3. The third-order valence-electron chi connectivity index (χ3n) is 7.21. The van der Waals surface area contributed by atoms with E-state index in [9.17, 15) is 5.11 Å². The van der Waals surface area contributed by atoms with Crippen LogP contribution in [0.15, 0.2) is 36.4 Å². The van der Waals surface area contributed by atoms with Gasteiger partial charge >= 0.3 is 0 Å². The lowest BCUT2D eigenvalue weighted by Crippen LogP contribution is -2.46. The Balaban J connectivity index is 1.91. The molecule has 1 aliphatic heterocycles. The van der Waals surface area contributed by atoms with E-state index in [0.29, 0.717) is 13.2 Å². The highest BCUT2D eigenvalue weighted by Crippen LogP contribution is 2.41. The lowest BCUT2D eigenvalue weighted by Gasteiger charge is -2.43. The first-order valence-corrected chi connectivity index (χ1v) is 12.6. The third kappa shape index (κ3) is 4.83. The number of nitrogens with one attached hydrogen (secondary N) is 1. The van der Waals surface area contributed by atoms with Gasteiger partial charge in [0.05, 0.1) is 31.6 Å². The van der Waals surface area contributed by atoms with E-state index < -0.39 is 0 Å². The van der Waals surface area contributed by atoms with Gasteiger partial charge in [-0.05, 0) is 67.9 Å². The highest BCUT2D eigenvalue weighted by Gasteiger charge is 2.37. The molecular formula is C29H39N3O2. The topological polar surface area (TPSA) is 61.4 Å². The molecule has 0 fully saturated rings. The lowest BCUT2D eigenvalue weighted by molar-refractivity contribution is 0.0205. The zero-order chi connectivity index (χ0) is 24.2. The summed E-state index contributed by atoms with van der Waals surface area (Å²) < 4.78 is 5.95. The smallest absolute Gasteiger partial charge is 0.0698 e. The van der Waals surface area contributed by atoms with Gasteiger partial charge in [-0.25, -0.2) is 0 Å². The van der Waals surface area contributed by atoms with Gasteiger partial charge in [0.15, 0.2) is 0 Å². The second-order valence-corrected chi connectivity index (χ2v) is 9.58. The molecule has 0 saturated carbocycles. The van der Waals surface area contributed by atoms with Gasteiger partial charge in [-0.2, -0.15) is 5.10 Å². The SMILES string of the molecule is CCc1n[nH]c(CC)c1C(c1c(C)cc(C)cc1C)N1Cc2ccccc2CC1COCCO. The highest BCUT2D eigenvalue weighted by atomic mass is 16.5. The van der Waals surface area contributed by atoms with Crippen molar-refractivity contribution in [1.29, 1.82) is 0 Å². The minimum atomic E-state index is 0.0462. The van der Waals surface area contributed by atoms with E-state index in [4.69, 9.17) is 9.84 Å². The van der Waals surface area contributed by atoms with Crippen LogP contribution in [0.25, 0.3) is 0 Å². The van der Waals surface area contributed by atoms with Crippen LogP contribution in [0.1, 0.15) is 70.2 Å². The van der Waals surface area contributed by atoms with E-state index in [1.54, 1.807) is 0 Å². The van der Waals surface area contributed by atoms with Crippen LogP contribution in [0.5, 0.6) is 0 Å². The first kappa shape index (κ1) is 24.6. The van der Waals surface area contributed by atoms with Gasteiger partial charge in [-0.15, -0.1) is 0 Å². The summed E-state index contributed by atoms with van der Waals surface area (Å²) in [5.41, 5.74) is 11.8. The summed E-state index contributed by atoms with van der Waals surface area (Å²) in [6, 6.07) is 13.7. The van der Waals surface area contributed by atoms with Crippen molar-refractivity contribution in [2.45, 2.75) is 72.5 Å². The van der Waals surface area contributed by atoms with Crippen molar-refractivity contribution in [1.82, 2.24) is 15.1 Å². The van der Waals surface area contributed by atoms with Crippen LogP contribution in [0.4, 0.5) is 0 Å². The quantitative estimate of drug-likeness (QED) is 0.441. The number of aliphatic hydroxyl groups excluding tert-OH is 1. The van der Waals surface area contributed by atoms with E-state index in [0.717, 1.165) is 31.5 Å². The van der Waals surface area contributed by atoms with Crippen LogP contribution in [0, 0.1) is 20.8 Å². The molecule has 0 amide bonds. The largest absolute Gasteiger partial charge is 0.394 e. The molecule has 2 heterocycles. The molecule has 2 atom stereocenters. The fourth-order valence-corrected chi connectivity index (χ4v) is 5.74. The molecular weight excluding hydrogens is 422 g/mol. The van der Waals surface area contributed by atoms with E-state index >= 15 is 0 Å². The molecule has 182 valence electrons. The van der Waals surface area contributed by atoms with Crippen molar-refractivity contribution in [2.24, 2.45) is 0 Å². The van der Waals surface area contributed by atoms with Gasteiger partial charge in [0, 0.05) is 23.8 Å². The van der Waals surface area contributed by atoms with Crippen LogP contribution in [-0.4, -0.2) is 46.1 Å². The summed E-state index contributed by atoms with van der Waals surface area (Å²) in [6.45, 7) is 12.9. The fraction of sp³-hybridized carbons (Fsp3) is 0.483. The number of H-pyrrole nitrogens is 1. The number of aryl methyl sites for hydroxylation is 5. The maximum atomic E-state index is 9.34. The Bertz CT molecular complexity index is 1080. The van der Waals surface area contributed by atoms with Crippen molar-refractivity contribution >= 4 is 0 Å². The molecule has 2 N–H and O–H groups in total. The number of ether oxygens (including phenoxy) is 1. The predicted molar refractivity (Wildman–Crippen MR) is 137 cm³/mol. The van der Waals surface area contributed by atoms with E-state index in [-0.39, 0.29) is 18.7 Å². The minimum absolute atomic E-state index is 0.0462. The monoisotopic (exact) mass is 461 g/mol. The van der Waals surface area contributed by atoms with Gasteiger partial charge in [0.25, 0.3) is 0 Å². The predicted octanol–water partition coefficient (Wildman–Crippen LogP) is 4.98. The molecule has 2 unspecified atom stereocenters. The second kappa shape index (κ2) is 10.9. The standard InChI is InChI=1S/C29H39N3O2/c1-6-25-28(26(7-2)31-30-25)29(27-20(4)14-19(3)15-21(27)5)32-17-23-11-9-8-10-22(23)16-24(32)18-34-13-12-33/h8-11,14-15,24,29,33H,6-7,12-13,16-18H2,1-5H3,(H,30,31). The second-order valence-electron chi connectivity index (χ2n) is 9.58. The summed E-state index contributed by atoms with van der Waals surface area (Å²) >= 11 is 0. The van der Waals surface area contributed by atoms with Crippen LogP contribution in [0.2, 0.25) is 0 Å². The Morgan fingerprint density at radius 3 is 2.41 bits per heavy atom. The fourth-order valence-electron chi connectivity index (χ4n) is 5.74. The van der Waals surface area contributed by atoms with E-state index in [2.05, 4.69) is 81.0 Å². The van der Waals surface area contributed by atoms with E-state index in [1.807, 2.05) is 0 Å². The molecule has 2 aromatic carbocycles. The maximum Gasteiger partial charge on any atom is 0.0698 e. The Morgan fingerprint density at radius 1 is 1.06 bits per heavy atom. The Labute approximate surface area is 204 Å². The minimum Gasteiger partial charge on any atom is -0.394 e. The van der Waals surface area contributed by atoms with E-state index in [1.165, 1.54) is 44.6 Å². The van der Waals surface area contributed by atoms with Crippen molar-refractivity contribution in [2.75, 3.05) is 19.8 Å². The number of aliphatic hydroxyl groups is 1. The number of fused-ring (bicyclic) bond motifs is 1. The molecule has 0 saturated heterocycles. The molecule has 34 heavy (non-hydrogen) atoms. The Kier molecular flexibility index (Phi) is 7.87. The summed E-state index contributed by atoms with van der Waals surface area (Å²) in [5, 5.41) is 17.5. The number of aromatic amines is 1. The summed E-state index contributed by atoms with van der Waals surface area (Å²) in [4.78, 5) is 2.63. The maximum absolute atomic E-state index is 9.34. The lowest BCUT2D eigenvalue weighted by atomic mass is 9.83. The molecule has 0 aliphatic carbocycles. The summed E-state index contributed by atoms with van der Waals surface area (Å²) in [7, 11) is 0. The first-order valence-electron chi connectivity index (χ1n) is 12.6. The molecule has 0 bridgehead atoms. The van der Waals surface area contributed by atoms with Gasteiger partial charge < -0.3 is 9.84 Å². The van der Waals surface area contributed by atoms with Crippen molar-refractivity contribution < 1.29 is 9.84 Å². The zero-order valence-corrected chi connectivity index (χ0v) is 21.3. The number of rotatable bonds is 9. The average Bonchev–Trinajstić information content (AvgIpc) is 3.24. The Morgan fingerprint density at radius 2 is 1.76 bits per heavy atom. The number of aromatic nitrogens is 2. The van der Waals surface area contributed by atoms with Crippen molar-refractivity contribution in [3.8, 4) is 0 Å². The first-order chi connectivity index (χ1) is 16.5. The molecule has 4 rings (SSSR count). The van der Waals surface area contributed by atoms with Crippen molar-refractivity contribution in [3.63, 3.8) is 0 Å². The summed E-state index contributed by atoms with van der Waals surface area (Å²) in [6.07, 6.45) is 2.74.